The lowest BCUT2D eigenvalue weighted by atomic mass is 10.3. The van der Waals surface area contributed by atoms with Gasteiger partial charge in [-0.15, -0.1) is 0 Å². The van der Waals surface area contributed by atoms with E-state index in [4.69, 9.17) is 5.11 Å². The van der Waals surface area contributed by atoms with Gasteiger partial charge in [0.15, 0.2) is 0 Å². The summed E-state index contributed by atoms with van der Waals surface area (Å²) in [4.78, 5) is 14.3. The Labute approximate surface area is 90.2 Å². The minimum absolute atomic E-state index is 0.101. The maximum absolute atomic E-state index is 12.8. The Morgan fingerprint density at radius 2 is 2.25 bits per heavy atom. The highest BCUT2D eigenvalue weighted by atomic mass is 19.1. The molecular weight excluding hydrogens is 213 g/mol. The van der Waals surface area contributed by atoms with Gasteiger partial charge in [-0.05, 0) is 11.6 Å². The number of carbonyl (C=O) groups is 1. The topological polar surface area (TPSA) is 68.0 Å². The fourth-order valence-electron chi connectivity index (χ4n) is 1.29. The standard InChI is InChI=1S/C10H8FN3O2/c11-9-1-7(2-12-4-9)5-14-6-8(3-13-14)10(15)16/h1-4,6H,5H2,(H,15,16). The van der Waals surface area contributed by atoms with Gasteiger partial charge in [-0.25, -0.2) is 9.18 Å². The van der Waals surface area contributed by atoms with Crippen LogP contribution in [0.2, 0.25) is 0 Å². The molecule has 2 aromatic heterocycles. The Kier molecular flexibility index (Phi) is 2.63. The molecule has 2 heterocycles. The molecule has 5 nitrogen and oxygen atoms in total. The number of aromatic nitrogens is 3. The molecule has 16 heavy (non-hydrogen) atoms. The SMILES string of the molecule is O=C(O)c1cnn(Cc2cncc(F)c2)c1. The van der Waals surface area contributed by atoms with Crippen molar-refractivity contribution in [1.82, 2.24) is 14.8 Å². The molecule has 1 N–H and O–H groups in total. The zero-order valence-electron chi connectivity index (χ0n) is 8.17. The molecule has 0 saturated carbocycles. The molecule has 0 aliphatic heterocycles. The molecule has 0 radical (unpaired) electrons. The van der Waals surface area contributed by atoms with E-state index in [0.717, 1.165) is 6.20 Å². The third-order valence-electron chi connectivity index (χ3n) is 1.99. The van der Waals surface area contributed by atoms with Gasteiger partial charge in [0.05, 0.1) is 24.5 Å². The van der Waals surface area contributed by atoms with Gasteiger partial charge < -0.3 is 5.11 Å². The Morgan fingerprint density at radius 3 is 2.88 bits per heavy atom. The molecule has 0 saturated heterocycles. The van der Waals surface area contributed by atoms with E-state index in [1.807, 2.05) is 0 Å². The van der Waals surface area contributed by atoms with E-state index in [9.17, 15) is 9.18 Å². The molecular formula is C10H8FN3O2. The number of halogens is 1. The van der Waals surface area contributed by atoms with Crippen molar-refractivity contribution in [3.05, 3.63) is 47.8 Å². The molecule has 0 unspecified atom stereocenters. The smallest absolute Gasteiger partial charge is 0.338 e. The number of carboxylic acids is 1. The zero-order valence-corrected chi connectivity index (χ0v) is 8.17. The van der Waals surface area contributed by atoms with Crippen molar-refractivity contribution in [1.29, 1.82) is 0 Å². The zero-order chi connectivity index (χ0) is 11.5. The van der Waals surface area contributed by atoms with E-state index in [-0.39, 0.29) is 12.1 Å². The lowest BCUT2D eigenvalue weighted by Gasteiger charge is -2.00. The molecule has 0 fully saturated rings. The summed E-state index contributed by atoms with van der Waals surface area (Å²) < 4.78 is 14.2. The molecule has 0 bridgehead atoms. The number of rotatable bonds is 3. The summed E-state index contributed by atoms with van der Waals surface area (Å²) in [5.74, 6) is -1.47. The molecule has 0 atom stereocenters. The average molecular weight is 221 g/mol. The van der Waals surface area contributed by atoms with Crippen LogP contribution in [0.4, 0.5) is 4.39 Å². The van der Waals surface area contributed by atoms with Crippen LogP contribution in [0.3, 0.4) is 0 Å². The number of nitrogens with zero attached hydrogens (tertiary/aromatic N) is 3. The number of hydrogen-bond acceptors (Lipinski definition) is 3. The highest BCUT2D eigenvalue weighted by Crippen LogP contribution is 2.04. The van der Waals surface area contributed by atoms with Crippen molar-refractivity contribution in [3.8, 4) is 0 Å². The fraction of sp³-hybridized carbons (Fsp3) is 0.100. The van der Waals surface area contributed by atoms with E-state index in [0.29, 0.717) is 5.56 Å². The summed E-state index contributed by atoms with van der Waals surface area (Å²) in [6, 6.07) is 1.33. The largest absolute Gasteiger partial charge is 0.478 e. The van der Waals surface area contributed by atoms with E-state index in [1.165, 1.54) is 29.3 Å². The van der Waals surface area contributed by atoms with Gasteiger partial charge in [0, 0.05) is 12.4 Å². The first-order valence-corrected chi connectivity index (χ1v) is 4.50. The predicted octanol–water partition coefficient (Wildman–Crippen LogP) is 1.16. The lowest BCUT2D eigenvalue weighted by Crippen LogP contribution is -2.01. The molecule has 0 aromatic carbocycles. The molecule has 0 aliphatic rings. The Morgan fingerprint density at radius 1 is 1.44 bits per heavy atom. The molecule has 0 amide bonds. The van der Waals surface area contributed by atoms with Crippen LogP contribution >= 0.6 is 0 Å². The van der Waals surface area contributed by atoms with Crippen LogP contribution in [0.15, 0.2) is 30.9 Å². The quantitative estimate of drug-likeness (QED) is 0.844. The Bertz CT molecular complexity index is 524. The van der Waals surface area contributed by atoms with Crippen molar-refractivity contribution < 1.29 is 14.3 Å². The maximum Gasteiger partial charge on any atom is 0.338 e. The Hall–Kier alpha value is -2.24. The third-order valence-corrected chi connectivity index (χ3v) is 1.99. The molecule has 2 aromatic rings. The second kappa shape index (κ2) is 4.09. The van der Waals surface area contributed by atoms with E-state index < -0.39 is 11.8 Å². The van der Waals surface area contributed by atoms with Crippen LogP contribution in [0.1, 0.15) is 15.9 Å². The molecule has 0 aliphatic carbocycles. The highest BCUT2D eigenvalue weighted by Gasteiger charge is 2.06. The highest BCUT2D eigenvalue weighted by molar-refractivity contribution is 5.86. The van der Waals surface area contributed by atoms with Gasteiger partial charge in [-0.2, -0.15) is 5.10 Å². The van der Waals surface area contributed by atoms with Gasteiger partial charge in [0.2, 0.25) is 0 Å². The fourth-order valence-corrected chi connectivity index (χ4v) is 1.29. The van der Waals surface area contributed by atoms with Crippen LogP contribution in [0.5, 0.6) is 0 Å². The first-order valence-electron chi connectivity index (χ1n) is 4.50. The van der Waals surface area contributed by atoms with Gasteiger partial charge in [0.25, 0.3) is 0 Å². The van der Waals surface area contributed by atoms with Crippen molar-refractivity contribution in [2.24, 2.45) is 0 Å². The Balaban J connectivity index is 2.17. The first kappa shape index (κ1) is 10.3. The van der Waals surface area contributed by atoms with Crippen molar-refractivity contribution in [3.63, 3.8) is 0 Å². The van der Waals surface area contributed by atoms with E-state index in [2.05, 4.69) is 10.1 Å². The summed E-state index contributed by atoms with van der Waals surface area (Å²) in [5, 5.41) is 12.5. The van der Waals surface area contributed by atoms with Crippen LogP contribution in [0, 0.1) is 5.82 Å². The average Bonchev–Trinajstić information content (AvgIpc) is 2.66. The maximum atomic E-state index is 12.8. The van der Waals surface area contributed by atoms with Crippen molar-refractivity contribution in [2.75, 3.05) is 0 Å². The summed E-state index contributed by atoms with van der Waals surface area (Å²) in [6.07, 6.45) is 5.24. The molecule has 82 valence electrons. The van der Waals surface area contributed by atoms with Crippen LogP contribution in [-0.2, 0) is 6.54 Å². The summed E-state index contributed by atoms with van der Waals surface area (Å²) >= 11 is 0. The lowest BCUT2D eigenvalue weighted by molar-refractivity contribution is 0.0697. The van der Waals surface area contributed by atoms with E-state index in [1.54, 1.807) is 0 Å². The van der Waals surface area contributed by atoms with Gasteiger partial charge in [0.1, 0.15) is 5.82 Å². The van der Waals surface area contributed by atoms with Crippen molar-refractivity contribution >= 4 is 5.97 Å². The number of carboxylic acid groups (broad SMARTS) is 1. The van der Waals surface area contributed by atoms with Gasteiger partial charge in [-0.1, -0.05) is 0 Å². The molecule has 2 rings (SSSR count). The third kappa shape index (κ3) is 2.22. The minimum atomic E-state index is -1.04. The molecule has 6 heteroatoms. The van der Waals surface area contributed by atoms with Crippen molar-refractivity contribution in [2.45, 2.75) is 6.54 Å². The predicted molar refractivity (Wildman–Crippen MR) is 52.5 cm³/mol. The second-order valence-electron chi connectivity index (χ2n) is 3.24. The minimum Gasteiger partial charge on any atom is -0.478 e. The monoisotopic (exact) mass is 221 g/mol. The number of aromatic carboxylic acids is 1. The summed E-state index contributed by atoms with van der Waals surface area (Å²) in [5.41, 5.74) is 0.726. The van der Waals surface area contributed by atoms with Crippen LogP contribution in [-0.4, -0.2) is 25.8 Å². The van der Waals surface area contributed by atoms with Crippen LogP contribution in [0.25, 0.3) is 0 Å². The first-order chi connectivity index (χ1) is 7.65. The normalized spacial score (nSPS) is 10.3. The second-order valence-corrected chi connectivity index (χ2v) is 3.24. The van der Waals surface area contributed by atoms with E-state index >= 15 is 0 Å². The molecule has 0 spiro atoms. The summed E-state index contributed by atoms with van der Waals surface area (Å²) in [7, 11) is 0. The number of pyridine rings is 1. The summed E-state index contributed by atoms with van der Waals surface area (Å²) in [6.45, 7) is 0.290. The van der Waals surface area contributed by atoms with Gasteiger partial charge >= 0.3 is 5.97 Å². The number of hydrogen-bond donors (Lipinski definition) is 1. The van der Waals surface area contributed by atoms with Crippen LogP contribution < -0.4 is 0 Å². The van der Waals surface area contributed by atoms with Gasteiger partial charge in [-0.3, -0.25) is 9.67 Å².